The van der Waals surface area contributed by atoms with Crippen molar-refractivity contribution in [3.05, 3.63) is 23.8 Å². The number of nitrogens with one attached hydrogen (secondary N) is 2. The van der Waals surface area contributed by atoms with Gasteiger partial charge in [-0.1, -0.05) is 12.1 Å². The summed E-state index contributed by atoms with van der Waals surface area (Å²) in [6, 6.07) is 6.62. The van der Waals surface area contributed by atoms with Crippen molar-refractivity contribution in [2.45, 2.75) is 12.6 Å². The third kappa shape index (κ3) is 1.66. The Hall–Kier alpha value is -1.26. The molecular formula is C11H14N2O2. The second-order valence-corrected chi connectivity index (χ2v) is 3.89. The third-order valence-electron chi connectivity index (χ3n) is 2.84. The van der Waals surface area contributed by atoms with E-state index in [1.54, 1.807) is 0 Å². The first-order valence-electron chi connectivity index (χ1n) is 5.25. The Bertz CT molecular complexity index is 364. The molecule has 1 aromatic rings. The third-order valence-corrected chi connectivity index (χ3v) is 2.84. The van der Waals surface area contributed by atoms with E-state index in [-0.39, 0.29) is 0 Å². The van der Waals surface area contributed by atoms with Crippen LogP contribution in [0.2, 0.25) is 0 Å². The second-order valence-electron chi connectivity index (χ2n) is 3.89. The highest BCUT2D eigenvalue weighted by Crippen LogP contribution is 2.35. The summed E-state index contributed by atoms with van der Waals surface area (Å²) in [6.45, 7) is 3.31. The van der Waals surface area contributed by atoms with Crippen LogP contribution in [-0.2, 0) is 6.54 Å². The molecule has 0 aliphatic carbocycles. The minimum atomic E-state index is 0.345. The Labute approximate surface area is 88.6 Å². The number of ether oxygens (including phenoxy) is 2. The molecule has 15 heavy (non-hydrogen) atoms. The highest BCUT2D eigenvalue weighted by molar-refractivity contribution is 5.48. The van der Waals surface area contributed by atoms with Crippen molar-refractivity contribution in [3.8, 4) is 11.5 Å². The summed E-state index contributed by atoms with van der Waals surface area (Å²) in [6.07, 6.45) is 0. The topological polar surface area (TPSA) is 42.5 Å². The molecule has 0 bridgehead atoms. The average molecular weight is 206 g/mol. The van der Waals surface area contributed by atoms with Gasteiger partial charge in [0.25, 0.3) is 0 Å². The van der Waals surface area contributed by atoms with Gasteiger partial charge in [0.15, 0.2) is 11.5 Å². The lowest BCUT2D eigenvalue weighted by molar-refractivity contribution is 0.173. The molecule has 4 heteroatoms. The normalized spacial score (nSPS) is 18.9. The van der Waals surface area contributed by atoms with Crippen molar-refractivity contribution >= 4 is 0 Å². The molecule has 2 aliphatic heterocycles. The molecule has 80 valence electrons. The predicted octanol–water partition coefficient (Wildman–Crippen LogP) is 0.477. The maximum absolute atomic E-state index is 5.44. The van der Waals surface area contributed by atoms with Gasteiger partial charge in [0.1, 0.15) is 0 Å². The fourth-order valence-electron chi connectivity index (χ4n) is 1.82. The van der Waals surface area contributed by atoms with Gasteiger partial charge in [-0.25, -0.2) is 0 Å². The van der Waals surface area contributed by atoms with Gasteiger partial charge >= 0.3 is 0 Å². The number of rotatable bonds is 3. The lowest BCUT2D eigenvalue weighted by Gasteiger charge is -2.28. The molecule has 0 saturated carbocycles. The summed E-state index contributed by atoms with van der Waals surface area (Å²) >= 11 is 0. The van der Waals surface area contributed by atoms with E-state index in [0.717, 1.165) is 31.1 Å². The molecule has 3 rings (SSSR count). The molecule has 2 N–H and O–H groups in total. The van der Waals surface area contributed by atoms with Gasteiger partial charge in [-0.3, -0.25) is 0 Å². The van der Waals surface area contributed by atoms with E-state index >= 15 is 0 Å². The highest BCUT2D eigenvalue weighted by Gasteiger charge is 2.19. The van der Waals surface area contributed by atoms with Gasteiger partial charge in [-0.05, 0) is 6.07 Å². The van der Waals surface area contributed by atoms with E-state index in [1.165, 1.54) is 5.56 Å². The van der Waals surface area contributed by atoms with Gasteiger partial charge in [0.05, 0.1) is 0 Å². The van der Waals surface area contributed by atoms with Crippen LogP contribution in [0.1, 0.15) is 5.56 Å². The van der Waals surface area contributed by atoms with Crippen LogP contribution in [0.4, 0.5) is 0 Å². The molecule has 0 atom stereocenters. The van der Waals surface area contributed by atoms with Crippen LogP contribution in [0, 0.1) is 0 Å². The Balaban J connectivity index is 1.71. The zero-order chi connectivity index (χ0) is 10.1. The summed E-state index contributed by atoms with van der Waals surface area (Å²) in [5.41, 5.74) is 1.18. The smallest absolute Gasteiger partial charge is 0.231 e. The summed E-state index contributed by atoms with van der Waals surface area (Å²) in [5.74, 6) is 1.76. The zero-order valence-electron chi connectivity index (χ0n) is 8.45. The molecule has 1 fully saturated rings. The van der Waals surface area contributed by atoms with Crippen molar-refractivity contribution in [1.82, 2.24) is 10.6 Å². The van der Waals surface area contributed by atoms with Gasteiger partial charge in [0, 0.05) is 31.2 Å². The van der Waals surface area contributed by atoms with Crippen LogP contribution in [-0.4, -0.2) is 25.9 Å². The predicted molar refractivity (Wildman–Crippen MR) is 56.1 cm³/mol. The van der Waals surface area contributed by atoms with Crippen molar-refractivity contribution < 1.29 is 9.47 Å². The first-order valence-corrected chi connectivity index (χ1v) is 5.25. The van der Waals surface area contributed by atoms with Gasteiger partial charge in [0.2, 0.25) is 6.79 Å². The van der Waals surface area contributed by atoms with Crippen LogP contribution < -0.4 is 20.1 Å². The Kier molecular flexibility index (Phi) is 2.23. The van der Waals surface area contributed by atoms with E-state index in [2.05, 4.69) is 16.7 Å². The monoisotopic (exact) mass is 206 g/mol. The van der Waals surface area contributed by atoms with E-state index in [4.69, 9.17) is 9.47 Å². The molecule has 4 nitrogen and oxygen atoms in total. The maximum atomic E-state index is 5.44. The number of para-hydroxylation sites is 1. The molecule has 0 amide bonds. The first-order chi connectivity index (χ1) is 7.43. The molecule has 2 aliphatic rings. The quantitative estimate of drug-likeness (QED) is 0.754. The minimum absolute atomic E-state index is 0.345. The number of benzene rings is 1. The molecule has 0 aromatic heterocycles. The zero-order valence-corrected chi connectivity index (χ0v) is 8.45. The summed E-state index contributed by atoms with van der Waals surface area (Å²) in [7, 11) is 0. The molecule has 0 spiro atoms. The van der Waals surface area contributed by atoms with E-state index in [0.29, 0.717) is 12.8 Å². The van der Waals surface area contributed by atoms with E-state index in [1.807, 2.05) is 12.1 Å². The number of hydrogen-bond donors (Lipinski definition) is 2. The summed E-state index contributed by atoms with van der Waals surface area (Å²) < 4.78 is 10.8. The molecule has 0 radical (unpaired) electrons. The van der Waals surface area contributed by atoms with Crippen LogP contribution in [0.15, 0.2) is 18.2 Å². The van der Waals surface area contributed by atoms with Gasteiger partial charge in [-0.15, -0.1) is 0 Å². The highest BCUT2D eigenvalue weighted by atomic mass is 16.7. The fraction of sp³-hybridized carbons (Fsp3) is 0.455. The van der Waals surface area contributed by atoms with Crippen LogP contribution in [0.3, 0.4) is 0 Å². The Morgan fingerprint density at radius 3 is 3.07 bits per heavy atom. The van der Waals surface area contributed by atoms with Crippen LogP contribution >= 0.6 is 0 Å². The van der Waals surface area contributed by atoms with Crippen molar-refractivity contribution in [2.24, 2.45) is 0 Å². The summed E-state index contributed by atoms with van der Waals surface area (Å²) in [5, 5.41) is 6.70. The summed E-state index contributed by atoms with van der Waals surface area (Å²) in [4.78, 5) is 0. The van der Waals surface area contributed by atoms with Crippen molar-refractivity contribution in [2.75, 3.05) is 19.9 Å². The van der Waals surface area contributed by atoms with Crippen LogP contribution in [0.25, 0.3) is 0 Å². The number of hydrogen-bond acceptors (Lipinski definition) is 4. The molecule has 1 saturated heterocycles. The molecule has 2 heterocycles. The lowest BCUT2D eigenvalue weighted by atomic mass is 10.1. The largest absolute Gasteiger partial charge is 0.454 e. The van der Waals surface area contributed by atoms with Crippen molar-refractivity contribution in [3.63, 3.8) is 0 Å². The molecule has 1 aromatic carbocycles. The van der Waals surface area contributed by atoms with Crippen molar-refractivity contribution in [1.29, 1.82) is 0 Å². The standard InChI is InChI=1S/C11H14N2O2/c1-2-8(4-13-9-5-12-6-9)11-10(3-1)14-7-15-11/h1-3,9,12-13H,4-7H2. The van der Waals surface area contributed by atoms with E-state index in [9.17, 15) is 0 Å². The van der Waals surface area contributed by atoms with Crippen LogP contribution in [0.5, 0.6) is 11.5 Å². The fourth-order valence-corrected chi connectivity index (χ4v) is 1.82. The lowest BCUT2D eigenvalue weighted by Crippen LogP contribution is -2.54. The van der Waals surface area contributed by atoms with Gasteiger partial charge < -0.3 is 20.1 Å². The minimum Gasteiger partial charge on any atom is -0.454 e. The Morgan fingerprint density at radius 1 is 1.33 bits per heavy atom. The van der Waals surface area contributed by atoms with E-state index < -0.39 is 0 Å². The van der Waals surface area contributed by atoms with Gasteiger partial charge in [-0.2, -0.15) is 0 Å². The molecule has 0 unspecified atom stereocenters. The maximum Gasteiger partial charge on any atom is 0.231 e. The average Bonchev–Trinajstić information content (AvgIpc) is 2.63. The number of fused-ring (bicyclic) bond motifs is 1. The Morgan fingerprint density at radius 2 is 2.27 bits per heavy atom. The SMILES string of the molecule is c1cc(CNC2CNC2)c2c(c1)OCO2. The second kappa shape index (κ2) is 3.72. The first kappa shape index (κ1) is 9.00. The molecular weight excluding hydrogens is 192 g/mol.